The Morgan fingerprint density at radius 3 is 2.76 bits per heavy atom. The molecule has 0 radical (unpaired) electrons. The second kappa shape index (κ2) is 11.7. The number of aromatic nitrogens is 2. The summed E-state index contributed by atoms with van der Waals surface area (Å²) in [5, 5.41) is 22.2. The number of anilines is 1. The van der Waals surface area contributed by atoms with E-state index in [1.165, 1.54) is 39.3 Å². The van der Waals surface area contributed by atoms with Crippen LogP contribution in [-0.4, -0.2) is 33.6 Å². The predicted molar refractivity (Wildman–Crippen MR) is 152 cm³/mol. The van der Waals surface area contributed by atoms with Gasteiger partial charge in [-0.3, -0.25) is 14.5 Å². The van der Waals surface area contributed by atoms with Gasteiger partial charge in [-0.05, 0) is 47.2 Å². The fraction of sp³-hybridized carbons (Fsp3) is 0.185. The largest absolute Gasteiger partial charge is 0.503 e. The van der Waals surface area contributed by atoms with Crippen LogP contribution < -0.4 is 9.64 Å². The van der Waals surface area contributed by atoms with Gasteiger partial charge in [0.05, 0.1) is 23.1 Å². The van der Waals surface area contributed by atoms with Gasteiger partial charge in [-0.1, -0.05) is 78.0 Å². The third-order valence-electron chi connectivity index (χ3n) is 5.76. The minimum Gasteiger partial charge on any atom is -0.503 e. The van der Waals surface area contributed by atoms with Gasteiger partial charge < -0.3 is 9.84 Å². The van der Waals surface area contributed by atoms with Crippen molar-refractivity contribution >= 4 is 62.9 Å². The van der Waals surface area contributed by atoms with E-state index in [1.807, 2.05) is 37.3 Å². The van der Waals surface area contributed by atoms with Gasteiger partial charge in [-0.15, -0.1) is 21.5 Å². The molecule has 5 rings (SSSR count). The molecule has 2 aromatic carbocycles. The standard InChI is InChI=1S/C27H22ClN3O4S3/c1-2-12-35-18-9-5-8-16(14-18)22-21(23(32)20-11-6-13-36-20)24(33)25(34)31(22)26-29-30-27(38-26)37-15-17-7-3-4-10-19(17)28/h3-11,13-14,22,33H,2,12,15H2,1H3. The van der Waals surface area contributed by atoms with Crippen molar-refractivity contribution in [2.24, 2.45) is 0 Å². The molecule has 3 heterocycles. The summed E-state index contributed by atoms with van der Waals surface area (Å²) < 4.78 is 6.43. The molecule has 1 amide bonds. The number of thiophene rings is 1. The average molecular weight is 584 g/mol. The van der Waals surface area contributed by atoms with Crippen molar-refractivity contribution in [1.29, 1.82) is 0 Å². The number of carbonyl (C=O) groups excluding carboxylic acids is 2. The lowest BCUT2D eigenvalue weighted by Crippen LogP contribution is -2.31. The number of ketones is 1. The summed E-state index contributed by atoms with van der Waals surface area (Å²) in [5.41, 5.74) is 1.58. The molecule has 0 aliphatic carbocycles. The van der Waals surface area contributed by atoms with Gasteiger partial charge in [-0.2, -0.15) is 0 Å². The molecule has 2 aromatic heterocycles. The molecular weight excluding hydrogens is 562 g/mol. The van der Waals surface area contributed by atoms with Crippen molar-refractivity contribution < 1.29 is 19.4 Å². The van der Waals surface area contributed by atoms with E-state index in [4.69, 9.17) is 16.3 Å². The first-order valence-electron chi connectivity index (χ1n) is 11.7. The smallest absolute Gasteiger partial charge is 0.296 e. The van der Waals surface area contributed by atoms with E-state index in [9.17, 15) is 14.7 Å². The van der Waals surface area contributed by atoms with Crippen LogP contribution in [0.4, 0.5) is 5.13 Å². The van der Waals surface area contributed by atoms with Crippen molar-refractivity contribution in [1.82, 2.24) is 10.2 Å². The minimum atomic E-state index is -0.892. The van der Waals surface area contributed by atoms with Crippen LogP contribution in [0.1, 0.15) is 40.2 Å². The van der Waals surface area contributed by atoms with Gasteiger partial charge in [0.2, 0.25) is 10.9 Å². The van der Waals surface area contributed by atoms with Crippen LogP contribution in [0.3, 0.4) is 0 Å². The molecule has 194 valence electrons. The molecule has 1 atom stereocenters. The number of nitrogens with zero attached hydrogens (tertiary/aromatic N) is 3. The molecule has 1 N–H and O–H groups in total. The third-order valence-corrected chi connectivity index (χ3v) is 9.10. The Kier molecular flexibility index (Phi) is 8.13. The van der Waals surface area contributed by atoms with Crippen LogP contribution in [0, 0.1) is 0 Å². The van der Waals surface area contributed by atoms with E-state index in [1.54, 1.807) is 35.7 Å². The Hall–Kier alpha value is -3.18. The molecular formula is C27H22ClN3O4S3. The monoisotopic (exact) mass is 583 g/mol. The maximum atomic E-state index is 13.5. The number of amides is 1. The Balaban J connectivity index is 1.50. The summed E-state index contributed by atoms with van der Waals surface area (Å²) in [6.07, 6.45) is 0.834. The molecule has 1 unspecified atom stereocenters. The summed E-state index contributed by atoms with van der Waals surface area (Å²) in [6.45, 7) is 2.54. The molecule has 0 bridgehead atoms. The number of aliphatic hydroxyl groups excluding tert-OH is 1. The first-order chi connectivity index (χ1) is 18.5. The van der Waals surface area contributed by atoms with Crippen LogP contribution in [-0.2, 0) is 10.5 Å². The van der Waals surface area contributed by atoms with Gasteiger partial charge in [0, 0.05) is 10.8 Å². The lowest BCUT2D eigenvalue weighted by Gasteiger charge is -2.24. The first kappa shape index (κ1) is 26.4. The van der Waals surface area contributed by atoms with Gasteiger partial charge in [0.1, 0.15) is 5.75 Å². The maximum absolute atomic E-state index is 13.5. The molecule has 0 saturated heterocycles. The molecule has 7 nitrogen and oxygen atoms in total. The number of benzene rings is 2. The summed E-state index contributed by atoms with van der Waals surface area (Å²) in [7, 11) is 0. The number of carbonyl (C=O) groups is 2. The third kappa shape index (κ3) is 5.35. The first-order valence-corrected chi connectivity index (χ1v) is 14.8. The molecule has 11 heteroatoms. The molecule has 1 aliphatic rings. The molecule has 38 heavy (non-hydrogen) atoms. The number of aliphatic hydroxyl groups is 1. The Labute approximate surface area is 236 Å². The zero-order chi connectivity index (χ0) is 26.6. The van der Waals surface area contributed by atoms with E-state index in [2.05, 4.69) is 10.2 Å². The highest BCUT2D eigenvalue weighted by atomic mass is 35.5. The number of Topliss-reactive ketones (excluding diaryl/α,β-unsaturated/α-hetero) is 1. The van der Waals surface area contributed by atoms with Gasteiger partial charge >= 0.3 is 0 Å². The molecule has 0 saturated carbocycles. The van der Waals surface area contributed by atoms with Crippen molar-refractivity contribution in [3.8, 4) is 5.75 Å². The highest BCUT2D eigenvalue weighted by Crippen LogP contribution is 2.44. The van der Waals surface area contributed by atoms with Gasteiger partial charge in [0.15, 0.2) is 10.1 Å². The van der Waals surface area contributed by atoms with E-state index in [0.29, 0.717) is 37.9 Å². The lowest BCUT2D eigenvalue weighted by molar-refractivity contribution is -0.117. The van der Waals surface area contributed by atoms with Crippen LogP contribution in [0.25, 0.3) is 0 Å². The molecule has 4 aromatic rings. The van der Waals surface area contributed by atoms with Crippen LogP contribution >= 0.6 is 46.0 Å². The number of hydrogen-bond donors (Lipinski definition) is 1. The topological polar surface area (TPSA) is 92.6 Å². The van der Waals surface area contributed by atoms with E-state index < -0.39 is 23.5 Å². The minimum absolute atomic E-state index is 0.00515. The fourth-order valence-corrected chi connectivity index (χ4v) is 6.83. The number of halogens is 1. The Morgan fingerprint density at radius 2 is 2.00 bits per heavy atom. The summed E-state index contributed by atoms with van der Waals surface area (Å²) in [6, 6.07) is 17.3. The number of rotatable bonds is 10. The normalized spacial score (nSPS) is 15.4. The summed E-state index contributed by atoms with van der Waals surface area (Å²) in [4.78, 5) is 28.7. The van der Waals surface area contributed by atoms with Crippen molar-refractivity contribution in [3.63, 3.8) is 0 Å². The Morgan fingerprint density at radius 1 is 1.16 bits per heavy atom. The van der Waals surface area contributed by atoms with Crippen LogP contribution in [0.2, 0.25) is 5.02 Å². The van der Waals surface area contributed by atoms with Crippen LogP contribution in [0.15, 0.2) is 81.7 Å². The Bertz CT molecular complexity index is 1500. The van der Waals surface area contributed by atoms with Crippen molar-refractivity contribution in [2.75, 3.05) is 11.5 Å². The second-order valence-corrected chi connectivity index (χ2v) is 11.8. The fourth-order valence-electron chi connectivity index (χ4n) is 4.00. The summed E-state index contributed by atoms with van der Waals surface area (Å²) in [5.74, 6) is -0.508. The molecule has 1 aliphatic heterocycles. The van der Waals surface area contributed by atoms with E-state index in [0.717, 1.165) is 12.0 Å². The molecule has 0 spiro atoms. The number of thioether (sulfide) groups is 1. The van der Waals surface area contributed by atoms with Crippen molar-refractivity contribution in [2.45, 2.75) is 29.5 Å². The molecule has 0 fully saturated rings. The average Bonchev–Trinajstić information content (AvgIpc) is 3.68. The summed E-state index contributed by atoms with van der Waals surface area (Å²) >= 11 is 10.2. The predicted octanol–water partition coefficient (Wildman–Crippen LogP) is 7.12. The quantitative estimate of drug-likeness (QED) is 0.121. The number of hydrogen-bond acceptors (Lipinski definition) is 9. The number of ether oxygens (including phenoxy) is 1. The van der Waals surface area contributed by atoms with Crippen LogP contribution in [0.5, 0.6) is 5.75 Å². The van der Waals surface area contributed by atoms with Gasteiger partial charge in [0.25, 0.3) is 5.91 Å². The maximum Gasteiger partial charge on any atom is 0.296 e. The van der Waals surface area contributed by atoms with Gasteiger partial charge in [-0.25, -0.2) is 0 Å². The van der Waals surface area contributed by atoms with E-state index in [-0.39, 0.29) is 10.7 Å². The van der Waals surface area contributed by atoms with E-state index >= 15 is 0 Å². The highest BCUT2D eigenvalue weighted by molar-refractivity contribution is 8.00. The second-order valence-electron chi connectivity index (χ2n) is 8.30. The zero-order valence-electron chi connectivity index (χ0n) is 20.2. The highest BCUT2D eigenvalue weighted by Gasteiger charge is 2.46. The SMILES string of the molecule is CCCOc1cccc(C2C(C(=O)c3cccs3)=C(O)C(=O)N2c2nnc(SCc3ccccc3Cl)s2)c1. The van der Waals surface area contributed by atoms with Crippen molar-refractivity contribution in [3.05, 3.63) is 98.4 Å². The zero-order valence-corrected chi connectivity index (χ0v) is 23.4. The lowest BCUT2D eigenvalue weighted by atomic mass is 9.95.